The van der Waals surface area contributed by atoms with Crippen LogP contribution in [-0.2, 0) is 17.7 Å². The van der Waals surface area contributed by atoms with Crippen molar-refractivity contribution in [2.24, 2.45) is 0 Å². The van der Waals surface area contributed by atoms with Gasteiger partial charge in [0.05, 0.1) is 17.2 Å². The number of ether oxygens (including phenoxy) is 1. The van der Waals surface area contributed by atoms with Gasteiger partial charge in [0.15, 0.2) is 5.78 Å². The topological polar surface area (TPSA) is 63.0 Å². The molecule has 36 heavy (non-hydrogen) atoms. The van der Waals surface area contributed by atoms with E-state index in [2.05, 4.69) is 35.8 Å². The molecule has 1 saturated heterocycles. The van der Waals surface area contributed by atoms with Crippen molar-refractivity contribution in [2.45, 2.75) is 59.6 Å². The van der Waals surface area contributed by atoms with Crippen molar-refractivity contribution in [1.29, 1.82) is 0 Å². The number of hydrogen-bond acceptors (Lipinski definition) is 6. The van der Waals surface area contributed by atoms with Gasteiger partial charge in [0.1, 0.15) is 11.3 Å². The van der Waals surface area contributed by atoms with Gasteiger partial charge in [-0.25, -0.2) is 4.79 Å². The zero-order chi connectivity index (χ0) is 25.7. The summed E-state index contributed by atoms with van der Waals surface area (Å²) in [5, 5.41) is 0.669. The van der Waals surface area contributed by atoms with E-state index in [9.17, 15) is 9.59 Å². The highest BCUT2D eigenvalue weighted by atomic mass is 16.5. The van der Waals surface area contributed by atoms with Gasteiger partial charge in [-0.05, 0) is 50.6 Å². The van der Waals surface area contributed by atoms with E-state index < -0.39 is 5.97 Å². The van der Waals surface area contributed by atoms with Crippen molar-refractivity contribution >= 4 is 22.7 Å². The molecule has 1 aliphatic rings. The lowest BCUT2D eigenvalue weighted by Gasteiger charge is -2.34. The lowest BCUT2D eigenvalue weighted by molar-refractivity contribution is 0.0378. The van der Waals surface area contributed by atoms with Gasteiger partial charge < -0.3 is 14.1 Å². The molecule has 1 fully saturated rings. The maximum atomic E-state index is 13.7. The Hall–Kier alpha value is -2.96. The van der Waals surface area contributed by atoms with E-state index in [-0.39, 0.29) is 11.9 Å². The molecule has 6 heteroatoms. The Kier molecular flexibility index (Phi) is 8.60. The number of nitrogens with zero attached hydrogens (tertiary/aromatic N) is 2. The summed E-state index contributed by atoms with van der Waals surface area (Å²) in [6.45, 7) is 14.3. The molecular weight excluding hydrogens is 452 g/mol. The summed E-state index contributed by atoms with van der Waals surface area (Å²) < 4.78 is 11.5. The van der Waals surface area contributed by atoms with E-state index in [4.69, 9.17) is 9.15 Å². The first-order chi connectivity index (χ1) is 17.4. The molecule has 192 valence electrons. The highest BCUT2D eigenvalue weighted by molar-refractivity contribution is 6.17. The molecule has 4 rings (SSSR count). The van der Waals surface area contributed by atoms with Crippen LogP contribution in [0.3, 0.4) is 0 Å². The molecule has 2 aromatic carbocycles. The Bertz CT molecular complexity index is 1190. The van der Waals surface area contributed by atoms with Gasteiger partial charge in [-0.3, -0.25) is 9.69 Å². The summed E-state index contributed by atoms with van der Waals surface area (Å²) >= 11 is 0. The predicted octanol–water partition coefficient (Wildman–Crippen LogP) is 5.71. The number of benzene rings is 2. The van der Waals surface area contributed by atoms with E-state index >= 15 is 0 Å². The minimum atomic E-state index is -0.397. The van der Waals surface area contributed by atoms with Gasteiger partial charge in [0.2, 0.25) is 0 Å². The van der Waals surface area contributed by atoms with Crippen LogP contribution < -0.4 is 0 Å². The number of hydrogen-bond donors (Lipinski definition) is 0. The average molecular weight is 491 g/mol. The van der Waals surface area contributed by atoms with Gasteiger partial charge in [-0.2, -0.15) is 0 Å². The largest absolute Gasteiger partial charge is 0.460 e. The Balaban J connectivity index is 1.59. The van der Waals surface area contributed by atoms with Crippen LogP contribution in [0.2, 0.25) is 0 Å². The smallest absolute Gasteiger partial charge is 0.338 e. The van der Waals surface area contributed by atoms with Crippen LogP contribution in [0.25, 0.3) is 11.0 Å². The number of aryl methyl sites for hydroxylation is 1. The summed E-state index contributed by atoms with van der Waals surface area (Å²) in [7, 11) is 0. The standard InChI is InChI=1S/C30H38N2O4/c1-5-7-8-27-28(25-19-24(13-14-26(25)36-27)30(34)35-21(3)4)29(33)23-11-9-22(10-12-23)20-32-17-15-31(6-2)16-18-32/h9-14,19,21H,5-8,15-18,20H2,1-4H3. The Labute approximate surface area is 214 Å². The predicted molar refractivity (Wildman–Crippen MR) is 143 cm³/mol. The molecule has 0 amide bonds. The highest BCUT2D eigenvalue weighted by Crippen LogP contribution is 2.31. The van der Waals surface area contributed by atoms with Gasteiger partial charge in [-0.1, -0.05) is 44.5 Å². The number of fused-ring (bicyclic) bond motifs is 1. The zero-order valence-electron chi connectivity index (χ0n) is 22.0. The van der Waals surface area contributed by atoms with E-state index in [1.54, 1.807) is 18.2 Å². The van der Waals surface area contributed by atoms with Crippen molar-refractivity contribution < 1.29 is 18.7 Å². The van der Waals surface area contributed by atoms with Crippen molar-refractivity contribution in [3.63, 3.8) is 0 Å². The molecule has 3 aromatic rings. The first-order valence-corrected chi connectivity index (χ1v) is 13.2. The van der Waals surface area contributed by atoms with Crippen LogP contribution in [0.4, 0.5) is 0 Å². The van der Waals surface area contributed by atoms with Crippen LogP contribution in [0.5, 0.6) is 0 Å². The minimum Gasteiger partial charge on any atom is -0.460 e. The number of unbranched alkanes of at least 4 members (excludes halogenated alkanes) is 1. The molecular formula is C30H38N2O4. The monoisotopic (exact) mass is 490 g/mol. The number of piperazine rings is 1. The summed E-state index contributed by atoms with van der Waals surface area (Å²) in [5.41, 5.74) is 3.43. The van der Waals surface area contributed by atoms with Crippen LogP contribution in [0.15, 0.2) is 46.9 Å². The number of likely N-dealkylation sites (N-methyl/N-ethyl adjacent to an activating group) is 1. The fraction of sp³-hybridized carbons (Fsp3) is 0.467. The molecule has 0 aliphatic carbocycles. The fourth-order valence-corrected chi connectivity index (χ4v) is 4.75. The summed E-state index contributed by atoms with van der Waals surface area (Å²) in [4.78, 5) is 31.2. The molecule has 0 unspecified atom stereocenters. The number of rotatable bonds is 10. The third kappa shape index (κ3) is 6.05. The number of furan rings is 1. The second kappa shape index (κ2) is 11.8. The van der Waals surface area contributed by atoms with Crippen LogP contribution >= 0.6 is 0 Å². The second-order valence-corrected chi connectivity index (χ2v) is 9.91. The fourth-order valence-electron chi connectivity index (χ4n) is 4.75. The molecule has 0 saturated carbocycles. The quantitative estimate of drug-likeness (QED) is 0.268. The van der Waals surface area contributed by atoms with Crippen molar-refractivity contribution in [3.8, 4) is 0 Å². The van der Waals surface area contributed by atoms with E-state index in [1.807, 2.05) is 26.0 Å². The third-order valence-electron chi connectivity index (χ3n) is 6.86. The minimum absolute atomic E-state index is 0.0719. The van der Waals surface area contributed by atoms with Gasteiger partial charge >= 0.3 is 5.97 Å². The van der Waals surface area contributed by atoms with Crippen molar-refractivity contribution in [2.75, 3.05) is 32.7 Å². The number of ketones is 1. The molecule has 0 bridgehead atoms. The maximum Gasteiger partial charge on any atom is 0.338 e. The molecule has 1 aliphatic heterocycles. The Morgan fingerprint density at radius 2 is 1.61 bits per heavy atom. The number of carbonyl (C=O) groups is 2. The molecule has 0 radical (unpaired) electrons. The summed E-state index contributed by atoms with van der Waals surface area (Å²) in [5.74, 6) is 0.215. The Morgan fingerprint density at radius 1 is 0.944 bits per heavy atom. The number of carbonyl (C=O) groups excluding carboxylic acids is 2. The average Bonchev–Trinajstić information content (AvgIpc) is 3.25. The molecule has 1 aromatic heterocycles. The van der Waals surface area contributed by atoms with Crippen LogP contribution in [0.1, 0.15) is 78.1 Å². The lowest BCUT2D eigenvalue weighted by Crippen LogP contribution is -2.45. The first kappa shape index (κ1) is 26.1. The Morgan fingerprint density at radius 3 is 2.25 bits per heavy atom. The van der Waals surface area contributed by atoms with Crippen molar-refractivity contribution in [1.82, 2.24) is 9.80 Å². The molecule has 2 heterocycles. The summed E-state index contributed by atoms with van der Waals surface area (Å²) in [6, 6.07) is 13.1. The SMILES string of the molecule is CCCCc1oc2ccc(C(=O)OC(C)C)cc2c1C(=O)c1ccc(CN2CCN(CC)CC2)cc1. The molecule has 0 spiro atoms. The van der Waals surface area contributed by atoms with Gasteiger partial charge in [-0.15, -0.1) is 0 Å². The normalized spacial score (nSPS) is 15.0. The first-order valence-electron chi connectivity index (χ1n) is 13.2. The number of esters is 1. The van der Waals surface area contributed by atoms with Crippen molar-refractivity contribution in [3.05, 3.63) is 70.5 Å². The zero-order valence-corrected chi connectivity index (χ0v) is 22.0. The molecule has 6 nitrogen and oxygen atoms in total. The van der Waals surface area contributed by atoms with Crippen LogP contribution in [-0.4, -0.2) is 60.4 Å². The second-order valence-electron chi connectivity index (χ2n) is 9.91. The van der Waals surface area contributed by atoms with E-state index in [1.165, 1.54) is 5.56 Å². The van der Waals surface area contributed by atoms with Crippen LogP contribution in [0, 0.1) is 0 Å². The van der Waals surface area contributed by atoms with E-state index in [0.717, 1.165) is 52.1 Å². The summed E-state index contributed by atoms with van der Waals surface area (Å²) in [6.07, 6.45) is 2.39. The van der Waals surface area contributed by atoms with Gasteiger partial charge in [0, 0.05) is 50.1 Å². The maximum absolute atomic E-state index is 13.7. The molecule has 0 atom stereocenters. The molecule has 0 N–H and O–H groups in total. The third-order valence-corrected chi connectivity index (χ3v) is 6.86. The van der Waals surface area contributed by atoms with E-state index in [0.29, 0.717) is 39.8 Å². The van der Waals surface area contributed by atoms with Gasteiger partial charge in [0.25, 0.3) is 0 Å². The highest BCUT2D eigenvalue weighted by Gasteiger charge is 2.24. The lowest BCUT2D eigenvalue weighted by atomic mass is 9.96.